The van der Waals surface area contributed by atoms with Crippen molar-refractivity contribution in [3.63, 3.8) is 0 Å². The van der Waals surface area contributed by atoms with Crippen molar-refractivity contribution in [1.29, 1.82) is 0 Å². The van der Waals surface area contributed by atoms with Crippen LogP contribution in [0.1, 0.15) is 12.8 Å². The van der Waals surface area contributed by atoms with Gasteiger partial charge in [0.2, 0.25) is 0 Å². The molecule has 1 aliphatic rings. The summed E-state index contributed by atoms with van der Waals surface area (Å²) in [6.45, 7) is 0.0890. The first-order chi connectivity index (χ1) is 6.72. The number of ether oxygens (including phenoxy) is 3. The molecule has 0 amide bonds. The van der Waals surface area contributed by atoms with Crippen LogP contribution in [-0.4, -0.2) is 44.6 Å². The van der Waals surface area contributed by atoms with Gasteiger partial charge in [-0.1, -0.05) is 0 Å². The standard InChI is InChI=1S/C9H19NO4/c1-12-8-5-6(7(10)3-4-11)9(13-2)14-8/h6-9,11H,3-5,10H2,1-2H3. The summed E-state index contributed by atoms with van der Waals surface area (Å²) in [5.74, 6) is 0.0945. The van der Waals surface area contributed by atoms with Gasteiger partial charge in [0.25, 0.3) is 0 Å². The molecule has 0 aromatic carbocycles. The monoisotopic (exact) mass is 205 g/mol. The van der Waals surface area contributed by atoms with E-state index >= 15 is 0 Å². The Hall–Kier alpha value is -0.200. The van der Waals surface area contributed by atoms with E-state index in [9.17, 15) is 0 Å². The zero-order valence-corrected chi connectivity index (χ0v) is 8.68. The van der Waals surface area contributed by atoms with Crippen LogP contribution in [-0.2, 0) is 14.2 Å². The lowest BCUT2D eigenvalue weighted by molar-refractivity contribution is -0.194. The topological polar surface area (TPSA) is 73.9 Å². The average molecular weight is 205 g/mol. The molecule has 0 aromatic rings. The van der Waals surface area contributed by atoms with Gasteiger partial charge in [-0.05, 0) is 6.42 Å². The molecule has 4 unspecified atom stereocenters. The smallest absolute Gasteiger partial charge is 0.164 e. The number of hydrogen-bond donors (Lipinski definition) is 2. The Morgan fingerprint density at radius 2 is 2.21 bits per heavy atom. The van der Waals surface area contributed by atoms with E-state index in [4.69, 9.17) is 25.1 Å². The van der Waals surface area contributed by atoms with Gasteiger partial charge in [0.1, 0.15) is 0 Å². The Bertz CT molecular complexity index is 167. The van der Waals surface area contributed by atoms with Crippen LogP contribution < -0.4 is 5.73 Å². The van der Waals surface area contributed by atoms with E-state index in [1.54, 1.807) is 14.2 Å². The molecule has 1 rings (SSSR count). The molecule has 5 heteroatoms. The Morgan fingerprint density at radius 1 is 1.50 bits per heavy atom. The number of methoxy groups -OCH3 is 2. The highest BCUT2D eigenvalue weighted by atomic mass is 16.8. The van der Waals surface area contributed by atoms with Gasteiger partial charge in [-0.2, -0.15) is 0 Å². The third-order valence-electron chi connectivity index (χ3n) is 2.61. The largest absolute Gasteiger partial charge is 0.396 e. The third-order valence-corrected chi connectivity index (χ3v) is 2.61. The zero-order valence-electron chi connectivity index (χ0n) is 8.68. The van der Waals surface area contributed by atoms with E-state index in [0.717, 1.165) is 6.42 Å². The van der Waals surface area contributed by atoms with Crippen molar-refractivity contribution in [3.8, 4) is 0 Å². The highest BCUT2D eigenvalue weighted by Crippen LogP contribution is 2.30. The van der Waals surface area contributed by atoms with Crippen LogP contribution in [0.4, 0.5) is 0 Å². The summed E-state index contributed by atoms with van der Waals surface area (Å²) in [6, 6.07) is -0.106. The summed E-state index contributed by atoms with van der Waals surface area (Å²) in [5, 5.41) is 8.79. The quantitative estimate of drug-likeness (QED) is 0.643. The van der Waals surface area contributed by atoms with Gasteiger partial charge < -0.3 is 25.1 Å². The van der Waals surface area contributed by atoms with E-state index in [-0.39, 0.29) is 31.1 Å². The maximum Gasteiger partial charge on any atom is 0.164 e. The summed E-state index contributed by atoms with van der Waals surface area (Å²) in [5.41, 5.74) is 5.90. The summed E-state index contributed by atoms with van der Waals surface area (Å²) < 4.78 is 15.7. The van der Waals surface area contributed by atoms with E-state index in [2.05, 4.69) is 0 Å². The maximum absolute atomic E-state index is 8.79. The first-order valence-corrected chi connectivity index (χ1v) is 4.80. The normalized spacial score (nSPS) is 34.7. The minimum atomic E-state index is -0.318. The molecule has 5 nitrogen and oxygen atoms in total. The van der Waals surface area contributed by atoms with Gasteiger partial charge in [-0.25, -0.2) is 0 Å². The lowest BCUT2D eigenvalue weighted by atomic mass is 9.95. The van der Waals surface area contributed by atoms with Crippen molar-refractivity contribution in [2.45, 2.75) is 31.5 Å². The molecule has 0 saturated carbocycles. The second-order valence-electron chi connectivity index (χ2n) is 3.48. The van der Waals surface area contributed by atoms with Crippen LogP contribution in [0.25, 0.3) is 0 Å². The number of aliphatic hydroxyl groups is 1. The maximum atomic E-state index is 8.79. The van der Waals surface area contributed by atoms with Gasteiger partial charge in [0.05, 0.1) is 0 Å². The van der Waals surface area contributed by atoms with Crippen molar-refractivity contribution in [2.24, 2.45) is 11.7 Å². The van der Waals surface area contributed by atoms with Crippen molar-refractivity contribution >= 4 is 0 Å². The molecule has 1 saturated heterocycles. The molecule has 1 heterocycles. The summed E-state index contributed by atoms with van der Waals surface area (Å²) in [4.78, 5) is 0. The molecule has 0 aromatic heterocycles. The minimum Gasteiger partial charge on any atom is -0.396 e. The van der Waals surface area contributed by atoms with Gasteiger partial charge in [-0.3, -0.25) is 0 Å². The second kappa shape index (κ2) is 5.63. The molecular formula is C9H19NO4. The fraction of sp³-hybridized carbons (Fsp3) is 1.00. The summed E-state index contributed by atoms with van der Waals surface area (Å²) >= 11 is 0. The Labute approximate surface area is 84.1 Å². The first kappa shape index (κ1) is 11.9. The molecule has 3 N–H and O–H groups in total. The fourth-order valence-electron chi connectivity index (χ4n) is 1.76. The zero-order chi connectivity index (χ0) is 10.6. The van der Waals surface area contributed by atoms with Crippen molar-refractivity contribution in [1.82, 2.24) is 0 Å². The van der Waals surface area contributed by atoms with Gasteiger partial charge in [-0.15, -0.1) is 0 Å². The lowest BCUT2D eigenvalue weighted by Crippen LogP contribution is -2.36. The van der Waals surface area contributed by atoms with Crippen LogP contribution in [0.15, 0.2) is 0 Å². The van der Waals surface area contributed by atoms with Gasteiger partial charge in [0.15, 0.2) is 12.6 Å². The van der Waals surface area contributed by atoms with Crippen LogP contribution in [0.5, 0.6) is 0 Å². The molecular weight excluding hydrogens is 186 g/mol. The van der Waals surface area contributed by atoms with Crippen molar-refractivity contribution in [3.05, 3.63) is 0 Å². The van der Waals surface area contributed by atoms with Crippen LogP contribution >= 0.6 is 0 Å². The van der Waals surface area contributed by atoms with Crippen LogP contribution in [0.3, 0.4) is 0 Å². The van der Waals surface area contributed by atoms with Crippen LogP contribution in [0.2, 0.25) is 0 Å². The molecule has 1 aliphatic heterocycles. The molecule has 0 spiro atoms. The molecule has 14 heavy (non-hydrogen) atoms. The second-order valence-corrected chi connectivity index (χ2v) is 3.48. The SMILES string of the molecule is COC1CC(C(N)CCO)C(OC)O1. The van der Waals surface area contributed by atoms with E-state index in [1.807, 2.05) is 0 Å². The summed E-state index contributed by atoms with van der Waals surface area (Å²) in [6.07, 6.45) is 0.719. The van der Waals surface area contributed by atoms with Gasteiger partial charge in [0, 0.05) is 39.2 Å². The predicted octanol–water partition coefficient (Wildman–Crippen LogP) is -0.322. The first-order valence-electron chi connectivity index (χ1n) is 4.80. The van der Waals surface area contributed by atoms with E-state index in [1.165, 1.54) is 0 Å². The van der Waals surface area contributed by atoms with Gasteiger partial charge >= 0.3 is 0 Å². The Kier molecular flexibility index (Phi) is 4.77. The fourth-order valence-corrected chi connectivity index (χ4v) is 1.76. The molecule has 4 atom stereocenters. The van der Waals surface area contributed by atoms with E-state index in [0.29, 0.717) is 6.42 Å². The molecule has 0 radical (unpaired) electrons. The lowest BCUT2D eigenvalue weighted by Gasteiger charge is -2.21. The predicted molar refractivity (Wildman–Crippen MR) is 50.5 cm³/mol. The van der Waals surface area contributed by atoms with Crippen molar-refractivity contribution < 1.29 is 19.3 Å². The highest BCUT2D eigenvalue weighted by Gasteiger charge is 2.38. The number of aliphatic hydroxyl groups excluding tert-OH is 1. The number of nitrogens with two attached hydrogens (primary N) is 1. The molecule has 84 valence electrons. The highest BCUT2D eigenvalue weighted by molar-refractivity contribution is 4.81. The Balaban J connectivity index is 2.49. The van der Waals surface area contributed by atoms with Crippen molar-refractivity contribution in [2.75, 3.05) is 20.8 Å². The number of hydrogen-bond acceptors (Lipinski definition) is 5. The molecule has 0 aliphatic carbocycles. The third kappa shape index (κ3) is 2.65. The van der Waals surface area contributed by atoms with E-state index < -0.39 is 0 Å². The number of rotatable bonds is 5. The Morgan fingerprint density at radius 3 is 2.71 bits per heavy atom. The summed E-state index contributed by atoms with van der Waals surface area (Å²) in [7, 11) is 3.18. The molecule has 1 fully saturated rings. The minimum absolute atomic E-state index is 0.0890. The van der Waals surface area contributed by atoms with Crippen LogP contribution in [0, 0.1) is 5.92 Å². The molecule has 0 bridgehead atoms. The average Bonchev–Trinajstić information content (AvgIpc) is 2.61.